The molecule has 3 nitrogen and oxygen atoms in total. The summed E-state index contributed by atoms with van der Waals surface area (Å²) in [5.74, 6) is 1.07. The van der Waals surface area contributed by atoms with Gasteiger partial charge in [-0.2, -0.15) is 5.10 Å². The maximum atomic E-state index is 5.43. The van der Waals surface area contributed by atoms with Crippen molar-refractivity contribution in [3.05, 3.63) is 42.6 Å². The predicted molar refractivity (Wildman–Crippen MR) is 54.6 cm³/mol. The van der Waals surface area contributed by atoms with Crippen molar-refractivity contribution in [1.29, 1.82) is 0 Å². The standard InChI is InChI=1S/C10H7N2OS/c14-9-5-2-1-4-8(9)13-10-6-3-7-11-12-10/h1-4,6-7,14H. The molecule has 0 N–H and O–H groups in total. The van der Waals surface area contributed by atoms with Crippen LogP contribution in [0.2, 0.25) is 0 Å². The van der Waals surface area contributed by atoms with Gasteiger partial charge in [0.15, 0.2) is 0 Å². The normalized spacial score (nSPS) is 9.79. The fourth-order valence-corrected chi connectivity index (χ4v) is 1.14. The van der Waals surface area contributed by atoms with Gasteiger partial charge in [0.25, 0.3) is 0 Å². The summed E-state index contributed by atoms with van der Waals surface area (Å²) in [6.07, 6.45) is 1.59. The Hall–Kier alpha value is -1.55. The summed E-state index contributed by atoms with van der Waals surface area (Å²) in [7, 11) is 0. The van der Waals surface area contributed by atoms with E-state index >= 15 is 0 Å². The molecule has 69 valence electrons. The minimum Gasteiger partial charge on any atom is -0.436 e. The quantitative estimate of drug-likeness (QED) is 0.761. The number of thiol groups is 1. The molecule has 0 saturated carbocycles. The van der Waals surface area contributed by atoms with Gasteiger partial charge in [-0.05, 0) is 12.1 Å². The minimum atomic E-state index is 0.447. The summed E-state index contributed by atoms with van der Waals surface area (Å²) in [5.41, 5.74) is 0. The first-order valence-electron chi connectivity index (χ1n) is 4.01. The van der Waals surface area contributed by atoms with Crippen molar-refractivity contribution in [3.8, 4) is 11.6 Å². The van der Waals surface area contributed by atoms with E-state index in [0.29, 0.717) is 16.5 Å². The van der Waals surface area contributed by atoms with Crippen molar-refractivity contribution in [2.24, 2.45) is 0 Å². The van der Waals surface area contributed by atoms with Crippen molar-refractivity contribution in [2.45, 2.75) is 4.90 Å². The highest BCUT2D eigenvalue weighted by molar-refractivity contribution is 7.80. The number of benzene rings is 1. The SMILES string of the molecule is Sc1[c]cccc1Oc1cccnn1. The van der Waals surface area contributed by atoms with Crippen LogP contribution < -0.4 is 4.74 Å². The van der Waals surface area contributed by atoms with Crippen LogP contribution in [0.1, 0.15) is 0 Å². The van der Waals surface area contributed by atoms with Gasteiger partial charge in [-0.25, -0.2) is 0 Å². The number of hydrogen-bond acceptors (Lipinski definition) is 4. The molecule has 14 heavy (non-hydrogen) atoms. The summed E-state index contributed by atoms with van der Waals surface area (Å²) in [4.78, 5) is 0.651. The molecule has 4 heteroatoms. The Morgan fingerprint density at radius 1 is 1.29 bits per heavy atom. The number of ether oxygens (including phenoxy) is 1. The van der Waals surface area contributed by atoms with Crippen molar-refractivity contribution in [3.63, 3.8) is 0 Å². The van der Waals surface area contributed by atoms with Crippen LogP contribution >= 0.6 is 12.6 Å². The third kappa shape index (κ3) is 2.03. The van der Waals surface area contributed by atoms with Gasteiger partial charge in [0.1, 0.15) is 5.75 Å². The molecule has 1 aromatic carbocycles. The fraction of sp³-hybridized carbons (Fsp3) is 0. The first-order chi connectivity index (χ1) is 6.86. The number of nitrogens with zero attached hydrogens (tertiary/aromatic N) is 2. The molecule has 0 atom stereocenters. The molecule has 0 aliphatic carbocycles. The zero-order valence-electron chi connectivity index (χ0n) is 7.21. The van der Waals surface area contributed by atoms with Crippen LogP contribution in [0.5, 0.6) is 11.6 Å². The molecule has 0 aliphatic heterocycles. The lowest BCUT2D eigenvalue weighted by Crippen LogP contribution is -1.89. The smallest absolute Gasteiger partial charge is 0.238 e. The molecule has 0 fully saturated rings. The van der Waals surface area contributed by atoms with E-state index in [9.17, 15) is 0 Å². The zero-order chi connectivity index (χ0) is 9.80. The van der Waals surface area contributed by atoms with Crippen LogP contribution in [0.25, 0.3) is 0 Å². The van der Waals surface area contributed by atoms with E-state index in [1.165, 1.54) is 0 Å². The van der Waals surface area contributed by atoms with Gasteiger partial charge in [0.05, 0.1) is 4.90 Å². The Morgan fingerprint density at radius 2 is 2.21 bits per heavy atom. The van der Waals surface area contributed by atoms with Crippen molar-refractivity contribution in [1.82, 2.24) is 10.2 Å². The van der Waals surface area contributed by atoms with Crippen LogP contribution in [0.15, 0.2) is 41.4 Å². The van der Waals surface area contributed by atoms with Crippen LogP contribution in [0.3, 0.4) is 0 Å². The Labute approximate surface area is 87.2 Å². The first-order valence-corrected chi connectivity index (χ1v) is 4.46. The summed E-state index contributed by atoms with van der Waals surface area (Å²) in [6, 6.07) is 11.8. The Balaban J connectivity index is 2.24. The number of rotatable bonds is 2. The number of hydrogen-bond donors (Lipinski definition) is 1. The molecule has 0 amide bonds. The van der Waals surface area contributed by atoms with E-state index in [-0.39, 0.29) is 0 Å². The minimum absolute atomic E-state index is 0.447. The van der Waals surface area contributed by atoms with Crippen molar-refractivity contribution in [2.75, 3.05) is 0 Å². The first kappa shape index (κ1) is 9.02. The lowest BCUT2D eigenvalue weighted by Gasteiger charge is -2.04. The second-order valence-electron chi connectivity index (χ2n) is 2.55. The van der Waals surface area contributed by atoms with Crippen LogP contribution in [0, 0.1) is 6.07 Å². The monoisotopic (exact) mass is 203 g/mol. The van der Waals surface area contributed by atoms with Gasteiger partial charge < -0.3 is 4.74 Å². The van der Waals surface area contributed by atoms with Gasteiger partial charge in [0.2, 0.25) is 5.88 Å². The summed E-state index contributed by atoms with van der Waals surface area (Å²) < 4.78 is 5.43. The second kappa shape index (κ2) is 4.11. The maximum Gasteiger partial charge on any atom is 0.238 e. The van der Waals surface area contributed by atoms with Gasteiger partial charge in [-0.15, -0.1) is 17.7 Å². The Morgan fingerprint density at radius 3 is 2.93 bits per heavy atom. The van der Waals surface area contributed by atoms with E-state index in [4.69, 9.17) is 4.74 Å². The molecule has 1 radical (unpaired) electrons. The molecule has 0 bridgehead atoms. The average molecular weight is 203 g/mol. The van der Waals surface area contributed by atoms with E-state index in [0.717, 1.165) is 0 Å². The number of aromatic nitrogens is 2. The van der Waals surface area contributed by atoms with Gasteiger partial charge in [0, 0.05) is 18.3 Å². The van der Waals surface area contributed by atoms with Gasteiger partial charge in [-0.3, -0.25) is 0 Å². The molecule has 1 aromatic heterocycles. The second-order valence-corrected chi connectivity index (χ2v) is 2.99. The fourth-order valence-electron chi connectivity index (χ4n) is 0.949. The lowest BCUT2D eigenvalue weighted by molar-refractivity contribution is 0.445. The maximum absolute atomic E-state index is 5.43. The van der Waals surface area contributed by atoms with Gasteiger partial charge in [-0.1, -0.05) is 12.1 Å². The van der Waals surface area contributed by atoms with E-state index in [1.54, 1.807) is 30.5 Å². The molecular formula is C10H7N2OS. The average Bonchev–Trinajstić information content (AvgIpc) is 2.23. The van der Waals surface area contributed by atoms with Crippen LogP contribution in [0.4, 0.5) is 0 Å². The predicted octanol–water partition coefficient (Wildman–Crippen LogP) is 2.36. The van der Waals surface area contributed by atoms with E-state index in [2.05, 4.69) is 28.9 Å². The molecule has 0 spiro atoms. The van der Waals surface area contributed by atoms with E-state index in [1.807, 2.05) is 6.07 Å². The van der Waals surface area contributed by atoms with Crippen molar-refractivity contribution >= 4 is 12.6 Å². The third-order valence-corrected chi connectivity index (χ3v) is 1.91. The Kier molecular flexibility index (Phi) is 2.65. The largest absolute Gasteiger partial charge is 0.436 e. The molecule has 1 heterocycles. The molecule has 2 rings (SSSR count). The lowest BCUT2D eigenvalue weighted by atomic mass is 10.3. The zero-order valence-corrected chi connectivity index (χ0v) is 8.11. The highest BCUT2D eigenvalue weighted by Gasteiger charge is 2.01. The van der Waals surface area contributed by atoms with Crippen LogP contribution in [-0.2, 0) is 0 Å². The molecule has 2 aromatic rings. The summed E-state index contributed by atoms with van der Waals surface area (Å²) >= 11 is 4.20. The highest BCUT2D eigenvalue weighted by atomic mass is 32.1. The molecular weight excluding hydrogens is 196 g/mol. The molecule has 0 aliphatic rings. The third-order valence-electron chi connectivity index (χ3n) is 1.56. The molecule has 0 unspecified atom stereocenters. The van der Waals surface area contributed by atoms with Crippen LogP contribution in [-0.4, -0.2) is 10.2 Å². The van der Waals surface area contributed by atoms with Gasteiger partial charge >= 0.3 is 0 Å². The summed E-state index contributed by atoms with van der Waals surface area (Å²) in [5, 5.41) is 7.50. The van der Waals surface area contributed by atoms with E-state index < -0.39 is 0 Å². The topological polar surface area (TPSA) is 35.0 Å². The van der Waals surface area contributed by atoms with Crippen molar-refractivity contribution < 1.29 is 4.74 Å². The summed E-state index contributed by atoms with van der Waals surface area (Å²) in [6.45, 7) is 0. The molecule has 0 saturated heterocycles. The highest BCUT2D eigenvalue weighted by Crippen LogP contribution is 2.25. The Bertz CT molecular complexity index is 419.